The van der Waals surface area contributed by atoms with Crippen LogP contribution in [0.3, 0.4) is 0 Å². The highest BCUT2D eigenvalue weighted by molar-refractivity contribution is 8.15. The van der Waals surface area contributed by atoms with E-state index < -0.39 is 0 Å². The zero-order valence-electron chi connectivity index (χ0n) is 17.3. The zero-order valence-corrected chi connectivity index (χ0v) is 18.1. The number of carbonyl (C=O) groups excluding carboxylic acids is 3. The van der Waals surface area contributed by atoms with Crippen LogP contribution in [0, 0.1) is 11.3 Å². The molecule has 3 heterocycles. The molecular weight excluding hydrogens is 416 g/mol. The van der Waals surface area contributed by atoms with Gasteiger partial charge in [-0.15, -0.1) is 0 Å². The molecule has 3 fully saturated rings. The minimum Gasteiger partial charge on any atom is -0.490 e. The lowest BCUT2D eigenvalue weighted by atomic mass is 10.1. The van der Waals surface area contributed by atoms with Crippen molar-refractivity contribution in [2.24, 2.45) is 0 Å². The molecular formula is C22H26N4O4S. The Hall–Kier alpha value is -2.57. The van der Waals surface area contributed by atoms with Gasteiger partial charge in [0.1, 0.15) is 17.9 Å². The number of hydrogen-bond acceptors (Lipinski definition) is 7. The number of benzene rings is 1. The number of nitrogens with one attached hydrogen (secondary N) is 1. The van der Waals surface area contributed by atoms with E-state index in [-0.39, 0.29) is 34.4 Å². The van der Waals surface area contributed by atoms with Crippen LogP contribution in [-0.4, -0.2) is 70.4 Å². The fourth-order valence-electron chi connectivity index (χ4n) is 4.31. The van der Waals surface area contributed by atoms with Crippen LogP contribution in [0.15, 0.2) is 24.3 Å². The highest BCUT2D eigenvalue weighted by Gasteiger charge is 2.32. The molecule has 1 N–H and O–H groups in total. The molecule has 164 valence electrons. The van der Waals surface area contributed by atoms with Crippen LogP contribution in [0.4, 0.5) is 4.79 Å². The Labute approximate surface area is 185 Å². The van der Waals surface area contributed by atoms with Crippen molar-refractivity contribution in [3.05, 3.63) is 29.8 Å². The predicted molar refractivity (Wildman–Crippen MR) is 116 cm³/mol. The molecule has 2 atom stereocenters. The van der Waals surface area contributed by atoms with Gasteiger partial charge in [-0.3, -0.25) is 24.6 Å². The Balaban J connectivity index is 1.21. The third-order valence-electron chi connectivity index (χ3n) is 6.03. The zero-order chi connectivity index (χ0) is 21.8. The van der Waals surface area contributed by atoms with Gasteiger partial charge in [-0.1, -0.05) is 23.9 Å². The number of amides is 3. The van der Waals surface area contributed by atoms with E-state index in [0.717, 1.165) is 61.8 Å². The number of nitrogens with zero attached hydrogens (tertiary/aromatic N) is 3. The molecule has 0 aliphatic carbocycles. The van der Waals surface area contributed by atoms with Gasteiger partial charge in [0.15, 0.2) is 0 Å². The first kappa shape index (κ1) is 21.7. The Bertz CT molecular complexity index is 876. The maximum Gasteiger partial charge on any atom is 0.286 e. The van der Waals surface area contributed by atoms with Crippen LogP contribution in [0.2, 0.25) is 0 Å². The van der Waals surface area contributed by atoms with Crippen LogP contribution in [0.1, 0.15) is 31.2 Å². The van der Waals surface area contributed by atoms with Crippen molar-refractivity contribution >= 4 is 28.8 Å². The number of rotatable bonds is 6. The largest absolute Gasteiger partial charge is 0.490 e. The minimum absolute atomic E-state index is 0.0508. The van der Waals surface area contributed by atoms with Gasteiger partial charge < -0.3 is 9.64 Å². The molecule has 8 nitrogen and oxygen atoms in total. The summed E-state index contributed by atoms with van der Waals surface area (Å²) in [5.74, 6) is 0.607. The molecule has 3 aliphatic rings. The average molecular weight is 443 g/mol. The normalized spacial score (nSPS) is 24.8. The lowest BCUT2D eigenvalue weighted by Crippen LogP contribution is -2.46. The second-order valence-corrected chi connectivity index (χ2v) is 9.37. The molecule has 0 aromatic heterocycles. The number of thioether (sulfide) groups is 1. The van der Waals surface area contributed by atoms with E-state index in [1.807, 2.05) is 24.3 Å². The smallest absolute Gasteiger partial charge is 0.286 e. The molecule has 3 amide bonds. The van der Waals surface area contributed by atoms with Crippen molar-refractivity contribution < 1.29 is 19.1 Å². The molecule has 31 heavy (non-hydrogen) atoms. The molecule has 3 aliphatic heterocycles. The fourth-order valence-corrected chi connectivity index (χ4v) is 5.16. The van der Waals surface area contributed by atoms with Crippen molar-refractivity contribution in [1.29, 1.82) is 5.26 Å². The Morgan fingerprint density at radius 3 is 2.55 bits per heavy atom. The van der Waals surface area contributed by atoms with Crippen LogP contribution in [0.25, 0.3) is 0 Å². The summed E-state index contributed by atoms with van der Waals surface area (Å²) in [4.78, 5) is 39.3. The second-order valence-electron chi connectivity index (χ2n) is 8.20. The summed E-state index contributed by atoms with van der Waals surface area (Å²) < 4.78 is 6.10. The van der Waals surface area contributed by atoms with Gasteiger partial charge in [-0.05, 0) is 49.8 Å². The standard InChI is InChI=1S/C22H26N4O4S/c23-13-16-2-1-9-26(16)20(27)14-25-10-7-18(8-11-25)30-17-5-3-15(4-6-17)12-19-21(28)24-22(29)31-19/h3-6,16,18-19H,1-2,7-12,14H2,(H,24,28,29)/t16-,19?/m0/s1. The van der Waals surface area contributed by atoms with E-state index in [9.17, 15) is 14.4 Å². The molecule has 9 heteroatoms. The van der Waals surface area contributed by atoms with Gasteiger partial charge in [-0.2, -0.15) is 5.26 Å². The summed E-state index contributed by atoms with van der Waals surface area (Å²) in [6.45, 7) is 2.64. The molecule has 1 aromatic carbocycles. The summed E-state index contributed by atoms with van der Waals surface area (Å²) in [7, 11) is 0. The van der Waals surface area contributed by atoms with Gasteiger partial charge >= 0.3 is 0 Å². The van der Waals surface area contributed by atoms with Crippen molar-refractivity contribution in [3.8, 4) is 11.8 Å². The summed E-state index contributed by atoms with van der Waals surface area (Å²) in [5.41, 5.74) is 0.987. The molecule has 0 spiro atoms. The van der Waals surface area contributed by atoms with E-state index >= 15 is 0 Å². The number of imide groups is 1. The average Bonchev–Trinajstić information content (AvgIpc) is 3.36. The van der Waals surface area contributed by atoms with Crippen LogP contribution < -0.4 is 10.1 Å². The van der Waals surface area contributed by atoms with Gasteiger partial charge in [0, 0.05) is 19.6 Å². The summed E-state index contributed by atoms with van der Waals surface area (Å²) in [6.07, 6.45) is 3.99. The molecule has 1 unspecified atom stereocenters. The fraction of sp³-hybridized carbons (Fsp3) is 0.545. The van der Waals surface area contributed by atoms with Crippen LogP contribution >= 0.6 is 11.8 Å². The SMILES string of the molecule is N#C[C@@H]1CCCN1C(=O)CN1CCC(Oc2ccc(CC3SC(=O)NC3=O)cc2)CC1. The first-order valence-corrected chi connectivity index (χ1v) is 11.6. The Kier molecular flexibility index (Phi) is 6.78. The molecule has 1 aromatic rings. The number of ether oxygens (including phenoxy) is 1. The van der Waals surface area contributed by atoms with Crippen molar-refractivity contribution in [2.45, 2.75) is 49.5 Å². The molecule has 0 saturated carbocycles. The number of piperidine rings is 1. The molecule has 0 radical (unpaired) electrons. The molecule has 4 rings (SSSR count). The summed E-state index contributed by atoms with van der Waals surface area (Å²) >= 11 is 1.04. The predicted octanol–water partition coefficient (Wildman–Crippen LogP) is 1.94. The van der Waals surface area contributed by atoms with Gasteiger partial charge in [0.2, 0.25) is 11.8 Å². The minimum atomic E-state index is -0.365. The first-order valence-electron chi connectivity index (χ1n) is 10.7. The van der Waals surface area contributed by atoms with E-state index in [1.165, 1.54) is 0 Å². The third kappa shape index (κ3) is 5.38. The van der Waals surface area contributed by atoms with Gasteiger partial charge in [0.25, 0.3) is 5.24 Å². The number of hydrogen-bond donors (Lipinski definition) is 1. The third-order valence-corrected chi connectivity index (χ3v) is 7.01. The van der Waals surface area contributed by atoms with Gasteiger partial charge in [-0.25, -0.2) is 0 Å². The first-order chi connectivity index (χ1) is 15.0. The lowest BCUT2D eigenvalue weighted by Gasteiger charge is -2.33. The number of nitriles is 1. The van der Waals surface area contributed by atoms with E-state index in [4.69, 9.17) is 10.00 Å². The van der Waals surface area contributed by atoms with Crippen LogP contribution in [-0.2, 0) is 16.0 Å². The summed E-state index contributed by atoms with van der Waals surface area (Å²) in [6, 6.07) is 9.63. The highest BCUT2D eigenvalue weighted by Crippen LogP contribution is 2.25. The highest BCUT2D eigenvalue weighted by atomic mass is 32.2. The molecule has 3 saturated heterocycles. The topological polar surface area (TPSA) is 103 Å². The number of likely N-dealkylation sites (tertiary alicyclic amines) is 2. The van der Waals surface area contributed by atoms with E-state index in [1.54, 1.807) is 4.90 Å². The second kappa shape index (κ2) is 9.71. The maximum absolute atomic E-state index is 12.5. The quantitative estimate of drug-likeness (QED) is 0.718. The van der Waals surface area contributed by atoms with Crippen LogP contribution in [0.5, 0.6) is 5.75 Å². The van der Waals surface area contributed by atoms with Crippen molar-refractivity contribution in [3.63, 3.8) is 0 Å². The maximum atomic E-state index is 12.5. The van der Waals surface area contributed by atoms with Crippen molar-refractivity contribution in [2.75, 3.05) is 26.2 Å². The number of carbonyl (C=O) groups is 3. The molecule has 0 bridgehead atoms. The Morgan fingerprint density at radius 1 is 1.16 bits per heavy atom. The van der Waals surface area contributed by atoms with Gasteiger partial charge in [0.05, 0.1) is 17.9 Å². The lowest BCUT2D eigenvalue weighted by molar-refractivity contribution is -0.132. The van der Waals surface area contributed by atoms with E-state index in [2.05, 4.69) is 16.3 Å². The summed E-state index contributed by atoms with van der Waals surface area (Å²) in [5, 5.41) is 10.8. The monoisotopic (exact) mass is 442 g/mol. The van der Waals surface area contributed by atoms with Crippen molar-refractivity contribution in [1.82, 2.24) is 15.1 Å². The Morgan fingerprint density at radius 2 is 1.90 bits per heavy atom. The van der Waals surface area contributed by atoms with E-state index in [0.29, 0.717) is 19.5 Å².